The molecule has 0 saturated heterocycles. The van der Waals surface area contributed by atoms with Crippen molar-refractivity contribution in [2.75, 3.05) is 0 Å². The van der Waals surface area contributed by atoms with E-state index >= 15 is 0 Å². The van der Waals surface area contributed by atoms with Gasteiger partial charge in [0.25, 0.3) is 0 Å². The van der Waals surface area contributed by atoms with Crippen LogP contribution in [-0.2, 0) is 20.8 Å². The lowest BCUT2D eigenvalue weighted by Crippen LogP contribution is -2.42. The van der Waals surface area contributed by atoms with E-state index in [1.54, 1.807) is 0 Å². The fraction of sp³-hybridized carbons (Fsp3) is 0.591. The Kier molecular flexibility index (Phi) is 4.45. The molecule has 0 aliphatic heterocycles. The Bertz CT molecular complexity index is 753. The van der Waals surface area contributed by atoms with Gasteiger partial charge in [-0.15, -0.1) is 0 Å². The molecule has 4 unspecified atom stereocenters. The first-order chi connectivity index (χ1) is 12.5. The van der Waals surface area contributed by atoms with Crippen LogP contribution in [-0.4, -0.2) is 18.0 Å². The van der Waals surface area contributed by atoms with Crippen LogP contribution in [0.25, 0.3) is 0 Å². The zero-order valence-electron chi connectivity index (χ0n) is 15.3. The van der Waals surface area contributed by atoms with Gasteiger partial charge in [0, 0.05) is 18.3 Å². The maximum absolute atomic E-state index is 12.4. The Morgan fingerprint density at radius 2 is 2.12 bits per heavy atom. The van der Waals surface area contributed by atoms with E-state index in [4.69, 9.17) is 4.74 Å². The largest absolute Gasteiger partial charge is 0.427 e. The van der Waals surface area contributed by atoms with Gasteiger partial charge in [-0.2, -0.15) is 0 Å². The number of esters is 1. The number of rotatable bonds is 4. The average molecular weight is 354 g/mol. The summed E-state index contributed by atoms with van der Waals surface area (Å²) in [4.78, 5) is 34.5. The fourth-order valence-corrected chi connectivity index (χ4v) is 5.75. The highest BCUT2D eigenvalue weighted by molar-refractivity contribution is 5.87. The summed E-state index contributed by atoms with van der Waals surface area (Å²) in [7, 11) is 0. The van der Waals surface area contributed by atoms with Crippen LogP contribution in [0.3, 0.4) is 0 Å². The molecule has 2 saturated carbocycles. The van der Waals surface area contributed by atoms with Crippen molar-refractivity contribution in [1.29, 1.82) is 0 Å². The molecule has 0 radical (unpaired) electrons. The highest BCUT2D eigenvalue weighted by Gasteiger charge is 2.54. The highest BCUT2D eigenvalue weighted by atomic mass is 16.5. The molecular formula is C22H26O4. The normalized spacial score (nSPS) is 32.3. The molecule has 0 N–H and O–H groups in total. The molecule has 0 aromatic heterocycles. The number of ether oxygens (including phenoxy) is 1. The number of hydrogen-bond acceptors (Lipinski definition) is 4. The third kappa shape index (κ3) is 2.80. The van der Waals surface area contributed by atoms with Gasteiger partial charge in [0.05, 0.1) is 6.42 Å². The van der Waals surface area contributed by atoms with E-state index in [1.165, 1.54) is 11.1 Å². The van der Waals surface area contributed by atoms with Crippen molar-refractivity contribution >= 4 is 18.0 Å². The minimum atomic E-state index is -0.358. The number of ketones is 1. The number of hydrogen-bond donors (Lipinski definition) is 0. The van der Waals surface area contributed by atoms with Crippen molar-refractivity contribution in [3.8, 4) is 5.75 Å². The minimum Gasteiger partial charge on any atom is -0.427 e. The molecule has 0 heterocycles. The van der Waals surface area contributed by atoms with Crippen LogP contribution in [0.4, 0.5) is 0 Å². The summed E-state index contributed by atoms with van der Waals surface area (Å²) < 4.78 is 5.38. The molecule has 4 nitrogen and oxygen atoms in total. The summed E-state index contributed by atoms with van der Waals surface area (Å²) >= 11 is 0. The van der Waals surface area contributed by atoms with E-state index in [0.29, 0.717) is 29.3 Å². The number of carbonyl (C=O) groups excluding carboxylic acids is 3. The predicted octanol–water partition coefficient (Wildman–Crippen LogP) is 4.00. The summed E-state index contributed by atoms with van der Waals surface area (Å²) in [5, 5.41) is 0. The molecule has 0 bridgehead atoms. The van der Waals surface area contributed by atoms with Gasteiger partial charge in [-0.3, -0.25) is 9.59 Å². The predicted molar refractivity (Wildman–Crippen MR) is 97.0 cm³/mol. The van der Waals surface area contributed by atoms with Crippen molar-refractivity contribution in [2.24, 2.45) is 17.3 Å². The van der Waals surface area contributed by atoms with Crippen LogP contribution in [0.1, 0.15) is 68.9 Å². The highest BCUT2D eigenvalue weighted by Crippen LogP contribution is 2.59. The van der Waals surface area contributed by atoms with E-state index in [9.17, 15) is 14.4 Å². The van der Waals surface area contributed by atoms with Gasteiger partial charge in [-0.1, -0.05) is 13.0 Å². The van der Waals surface area contributed by atoms with Gasteiger partial charge in [0.2, 0.25) is 0 Å². The second kappa shape index (κ2) is 6.64. The molecule has 3 aliphatic rings. The molecule has 2 fully saturated rings. The van der Waals surface area contributed by atoms with E-state index in [1.807, 2.05) is 12.1 Å². The molecule has 1 aromatic rings. The number of carbonyl (C=O) groups is 3. The lowest BCUT2D eigenvalue weighted by Gasteiger charge is -2.48. The van der Waals surface area contributed by atoms with Gasteiger partial charge in [-0.25, -0.2) is 0 Å². The third-order valence-corrected chi connectivity index (χ3v) is 7.11. The van der Waals surface area contributed by atoms with Gasteiger partial charge in [-0.05, 0) is 73.1 Å². The molecule has 3 aliphatic carbocycles. The lowest BCUT2D eigenvalue weighted by atomic mass is 9.55. The Hall–Kier alpha value is -1.97. The SMILES string of the molecule is CC12CCC3c4ccc(OC(=O)CCC=O)cc4CCC3C1CCC2=O. The molecule has 4 heteroatoms. The van der Waals surface area contributed by atoms with E-state index in [2.05, 4.69) is 13.0 Å². The van der Waals surface area contributed by atoms with Crippen LogP contribution in [0, 0.1) is 17.3 Å². The number of Topliss-reactive ketones (excluding diaryl/α,β-unsaturated/α-hetero) is 1. The van der Waals surface area contributed by atoms with Gasteiger partial charge in [0.1, 0.15) is 17.8 Å². The van der Waals surface area contributed by atoms with Gasteiger partial charge in [0.15, 0.2) is 0 Å². The molecule has 4 rings (SSSR count). The van der Waals surface area contributed by atoms with Crippen LogP contribution in [0.15, 0.2) is 18.2 Å². The molecule has 26 heavy (non-hydrogen) atoms. The molecule has 0 spiro atoms. The van der Waals surface area contributed by atoms with Crippen molar-refractivity contribution in [1.82, 2.24) is 0 Å². The van der Waals surface area contributed by atoms with Crippen molar-refractivity contribution in [2.45, 2.75) is 64.2 Å². The summed E-state index contributed by atoms with van der Waals surface area (Å²) in [6.45, 7) is 2.20. The van der Waals surface area contributed by atoms with E-state index in [-0.39, 0.29) is 24.2 Å². The first kappa shape index (κ1) is 17.4. The van der Waals surface area contributed by atoms with E-state index in [0.717, 1.165) is 44.8 Å². The average Bonchev–Trinajstić information content (AvgIpc) is 2.94. The Morgan fingerprint density at radius 3 is 2.92 bits per heavy atom. The molecule has 4 atom stereocenters. The zero-order chi connectivity index (χ0) is 18.3. The van der Waals surface area contributed by atoms with Crippen LogP contribution < -0.4 is 4.74 Å². The minimum absolute atomic E-state index is 0.0906. The summed E-state index contributed by atoms with van der Waals surface area (Å²) in [5.41, 5.74) is 2.57. The molecule has 1 aromatic carbocycles. The fourth-order valence-electron chi connectivity index (χ4n) is 5.75. The van der Waals surface area contributed by atoms with Crippen LogP contribution >= 0.6 is 0 Å². The quantitative estimate of drug-likeness (QED) is 0.466. The van der Waals surface area contributed by atoms with E-state index < -0.39 is 0 Å². The van der Waals surface area contributed by atoms with Crippen LogP contribution in [0.5, 0.6) is 5.75 Å². The van der Waals surface area contributed by atoms with Crippen molar-refractivity contribution in [3.05, 3.63) is 29.3 Å². The maximum atomic E-state index is 12.4. The second-order valence-electron chi connectivity index (χ2n) is 8.37. The first-order valence-corrected chi connectivity index (χ1v) is 9.83. The van der Waals surface area contributed by atoms with Gasteiger partial charge >= 0.3 is 5.97 Å². The number of fused-ring (bicyclic) bond motifs is 5. The molecule has 0 amide bonds. The standard InChI is InChI=1S/C22H26O4/c1-22-11-10-17-16-7-5-15(26-21(25)3-2-12-23)13-14(16)4-6-18(17)19(22)8-9-20(22)24/h5,7,12-13,17-19H,2-4,6,8-11H2,1H3. The Balaban J connectivity index is 1.53. The van der Waals surface area contributed by atoms with Crippen LogP contribution in [0.2, 0.25) is 0 Å². The molecule has 138 valence electrons. The Morgan fingerprint density at radius 1 is 1.27 bits per heavy atom. The third-order valence-electron chi connectivity index (χ3n) is 7.11. The second-order valence-corrected chi connectivity index (χ2v) is 8.37. The van der Waals surface area contributed by atoms with Crippen molar-refractivity contribution < 1.29 is 19.1 Å². The topological polar surface area (TPSA) is 60.4 Å². The Labute approximate surface area is 154 Å². The molecular weight excluding hydrogens is 328 g/mol. The summed E-state index contributed by atoms with van der Waals surface area (Å²) in [5.74, 6) is 2.36. The number of aryl methyl sites for hydroxylation is 1. The first-order valence-electron chi connectivity index (χ1n) is 9.83. The summed E-state index contributed by atoms with van der Waals surface area (Å²) in [6, 6.07) is 6.00. The van der Waals surface area contributed by atoms with Gasteiger partial charge < -0.3 is 9.53 Å². The number of benzene rings is 1. The lowest BCUT2D eigenvalue weighted by molar-refractivity contribution is -0.135. The summed E-state index contributed by atoms with van der Waals surface area (Å²) in [6.07, 6.45) is 7.05. The maximum Gasteiger partial charge on any atom is 0.311 e. The smallest absolute Gasteiger partial charge is 0.311 e. The zero-order valence-corrected chi connectivity index (χ0v) is 15.3. The monoisotopic (exact) mass is 354 g/mol. The van der Waals surface area contributed by atoms with Crippen molar-refractivity contribution in [3.63, 3.8) is 0 Å². The number of aldehydes is 1.